The van der Waals surface area contributed by atoms with Gasteiger partial charge in [0.1, 0.15) is 0 Å². The summed E-state index contributed by atoms with van der Waals surface area (Å²) in [5.41, 5.74) is 1.63. The maximum atomic E-state index is 13.1. The first-order chi connectivity index (χ1) is 12.5. The van der Waals surface area contributed by atoms with E-state index in [0.717, 1.165) is 11.6 Å². The Bertz CT molecular complexity index is 778. The van der Waals surface area contributed by atoms with Crippen molar-refractivity contribution in [3.05, 3.63) is 65.2 Å². The number of benzene rings is 2. The molecule has 3 nitrogen and oxygen atoms in total. The highest BCUT2D eigenvalue weighted by Gasteiger charge is 2.43. The van der Waals surface area contributed by atoms with Gasteiger partial charge in [-0.3, -0.25) is 0 Å². The third kappa shape index (κ3) is 3.08. The van der Waals surface area contributed by atoms with Crippen LogP contribution < -0.4 is 5.32 Å². The van der Waals surface area contributed by atoms with Gasteiger partial charge in [0.25, 0.3) is 0 Å². The van der Waals surface area contributed by atoms with Gasteiger partial charge in [-0.15, -0.1) is 0 Å². The maximum absolute atomic E-state index is 13.1. The van der Waals surface area contributed by atoms with Crippen LogP contribution in [0.5, 0.6) is 0 Å². The molecule has 0 aromatic heterocycles. The smallest absolute Gasteiger partial charge is 0.396 e. The first kappa shape index (κ1) is 17.4. The van der Waals surface area contributed by atoms with Crippen LogP contribution >= 0.6 is 0 Å². The fraction of sp³-hybridized carbons (Fsp3) is 0.400. The van der Waals surface area contributed by atoms with Crippen LogP contribution in [0.1, 0.15) is 35.3 Å². The van der Waals surface area contributed by atoms with Gasteiger partial charge >= 0.3 is 6.18 Å². The Morgan fingerprint density at radius 2 is 1.88 bits per heavy atom. The number of aliphatic hydroxyl groups is 1. The van der Waals surface area contributed by atoms with Crippen molar-refractivity contribution in [1.29, 1.82) is 0 Å². The molecule has 0 spiro atoms. The summed E-state index contributed by atoms with van der Waals surface area (Å²) >= 11 is 0. The molecule has 2 aromatic carbocycles. The lowest BCUT2D eigenvalue weighted by molar-refractivity contribution is -0.137. The zero-order valence-electron chi connectivity index (χ0n) is 14.0. The van der Waals surface area contributed by atoms with Gasteiger partial charge in [0.15, 0.2) is 0 Å². The molecule has 1 saturated heterocycles. The number of halogens is 3. The van der Waals surface area contributed by atoms with Gasteiger partial charge in [0.2, 0.25) is 0 Å². The Labute approximate surface area is 149 Å². The fourth-order valence-electron chi connectivity index (χ4n) is 4.07. The Morgan fingerprint density at radius 1 is 1.12 bits per heavy atom. The number of fused-ring (bicyclic) bond motifs is 3. The minimum Gasteiger partial charge on any atom is -0.396 e. The molecule has 0 radical (unpaired) electrons. The molecule has 2 aliphatic rings. The first-order valence-corrected chi connectivity index (χ1v) is 8.72. The Balaban J connectivity index is 1.77. The Kier molecular flexibility index (Phi) is 4.40. The number of hydrogen-bond donors (Lipinski definition) is 2. The second kappa shape index (κ2) is 6.59. The van der Waals surface area contributed by atoms with Crippen molar-refractivity contribution in [1.82, 2.24) is 0 Å². The largest absolute Gasteiger partial charge is 0.416 e. The second-order valence-electron chi connectivity index (χ2n) is 7.03. The molecule has 0 amide bonds. The molecule has 2 N–H and O–H groups in total. The minimum absolute atomic E-state index is 0.00314. The molecule has 0 unspecified atom stereocenters. The summed E-state index contributed by atoms with van der Waals surface area (Å²) in [6.45, 7) is 0.370. The third-order valence-corrected chi connectivity index (χ3v) is 5.35. The van der Waals surface area contributed by atoms with Gasteiger partial charge < -0.3 is 15.2 Å². The molecule has 4 atom stereocenters. The van der Waals surface area contributed by atoms with E-state index in [1.165, 1.54) is 12.1 Å². The summed E-state index contributed by atoms with van der Waals surface area (Å²) in [6, 6.07) is 13.6. The SMILES string of the molecule is OC[C@H]1CO[C@@H]2c3cc(C(F)(F)F)ccc3N[C@@H](c3ccccc3)[C@@H]2C1. The van der Waals surface area contributed by atoms with E-state index in [2.05, 4.69) is 5.32 Å². The summed E-state index contributed by atoms with van der Waals surface area (Å²) < 4.78 is 45.4. The quantitative estimate of drug-likeness (QED) is 0.822. The van der Waals surface area contributed by atoms with Crippen LogP contribution in [-0.2, 0) is 10.9 Å². The zero-order valence-corrected chi connectivity index (χ0v) is 14.0. The van der Waals surface area contributed by atoms with Crippen LogP contribution in [0.2, 0.25) is 0 Å². The van der Waals surface area contributed by atoms with Crippen molar-refractivity contribution in [2.75, 3.05) is 18.5 Å². The number of nitrogens with one attached hydrogen (secondary N) is 1. The lowest BCUT2D eigenvalue weighted by Crippen LogP contribution is -2.40. The van der Waals surface area contributed by atoms with Crippen molar-refractivity contribution >= 4 is 5.69 Å². The molecule has 0 saturated carbocycles. The van der Waals surface area contributed by atoms with E-state index in [0.29, 0.717) is 24.3 Å². The summed E-state index contributed by atoms with van der Waals surface area (Å²) in [5.74, 6) is -0.0455. The van der Waals surface area contributed by atoms with Crippen LogP contribution in [0.3, 0.4) is 0 Å². The van der Waals surface area contributed by atoms with Crippen LogP contribution in [0, 0.1) is 11.8 Å². The van der Waals surface area contributed by atoms with Gasteiger partial charge in [-0.05, 0) is 30.2 Å². The molecular formula is C20H20F3NO2. The van der Waals surface area contributed by atoms with Crippen LogP contribution in [0.25, 0.3) is 0 Å². The standard InChI is InChI=1S/C20H20F3NO2/c21-20(22,23)14-6-7-17-15(9-14)19-16(8-12(10-25)11-26-19)18(24-17)13-4-2-1-3-5-13/h1-7,9,12,16,18-19,24-25H,8,10-11H2/t12-,16-,18-,19+/m0/s1. The molecular weight excluding hydrogens is 343 g/mol. The van der Waals surface area contributed by atoms with Gasteiger partial charge in [-0.25, -0.2) is 0 Å². The minimum atomic E-state index is -4.39. The number of alkyl halides is 3. The van der Waals surface area contributed by atoms with Gasteiger partial charge in [-0.1, -0.05) is 30.3 Å². The van der Waals surface area contributed by atoms with Crippen molar-refractivity contribution in [3.63, 3.8) is 0 Å². The topological polar surface area (TPSA) is 41.5 Å². The summed E-state index contributed by atoms with van der Waals surface area (Å²) in [7, 11) is 0. The Morgan fingerprint density at radius 3 is 2.58 bits per heavy atom. The van der Waals surface area contributed by atoms with Gasteiger partial charge in [0.05, 0.1) is 24.3 Å². The maximum Gasteiger partial charge on any atom is 0.416 e. The molecule has 1 fully saturated rings. The predicted molar refractivity (Wildman–Crippen MR) is 91.6 cm³/mol. The fourth-order valence-corrected chi connectivity index (χ4v) is 4.07. The lowest BCUT2D eigenvalue weighted by atomic mass is 9.75. The summed E-state index contributed by atoms with van der Waals surface area (Å²) in [6.07, 6.45) is -4.10. The molecule has 2 heterocycles. The van der Waals surface area contributed by atoms with Crippen molar-refractivity contribution in [3.8, 4) is 0 Å². The van der Waals surface area contributed by atoms with Crippen molar-refractivity contribution in [2.45, 2.75) is 24.7 Å². The van der Waals surface area contributed by atoms with E-state index >= 15 is 0 Å². The normalized spacial score (nSPS) is 28.0. The van der Waals surface area contributed by atoms with Gasteiger partial charge in [0, 0.05) is 29.7 Å². The monoisotopic (exact) mass is 363 g/mol. The van der Waals surface area contributed by atoms with Crippen molar-refractivity contribution < 1.29 is 23.0 Å². The Hall–Kier alpha value is -2.05. The van der Waals surface area contributed by atoms with E-state index < -0.39 is 17.8 Å². The molecule has 26 heavy (non-hydrogen) atoms. The predicted octanol–water partition coefficient (Wildman–Crippen LogP) is 4.56. The molecule has 4 rings (SSSR count). The number of hydrogen-bond acceptors (Lipinski definition) is 3. The third-order valence-electron chi connectivity index (χ3n) is 5.35. The molecule has 2 aromatic rings. The average Bonchev–Trinajstić information content (AvgIpc) is 2.66. The highest BCUT2D eigenvalue weighted by Crippen LogP contribution is 2.51. The summed E-state index contributed by atoms with van der Waals surface area (Å²) in [5, 5.41) is 12.9. The van der Waals surface area contributed by atoms with Crippen LogP contribution in [0.15, 0.2) is 48.5 Å². The molecule has 2 aliphatic heterocycles. The number of ether oxygens (including phenoxy) is 1. The highest BCUT2D eigenvalue weighted by molar-refractivity contribution is 5.58. The van der Waals surface area contributed by atoms with Crippen LogP contribution in [0.4, 0.5) is 18.9 Å². The molecule has 6 heteroatoms. The molecule has 0 bridgehead atoms. The number of aliphatic hydroxyl groups excluding tert-OH is 1. The van der Waals surface area contributed by atoms with Gasteiger partial charge in [-0.2, -0.15) is 13.2 Å². The van der Waals surface area contributed by atoms with E-state index in [1.54, 1.807) is 0 Å². The highest BCUT2D eigenvalue weighted by atomic mass is 19.4. The van der Waals surface area contributed by atoms with E-state index in [1.807, 2.05) is 30.3 Å². The first-order valence-electron chi connectivity index (χ1n) is 8.72. The molecule has 138 valence electrons. The van der Waals surface area contributed by atoms with E-state index in [4.69, 9.17) is 4.74 Å². The van der Waals surface area contributed by atoms with E-state index in [9.17, 15) is 18.3 Å². The second-order valence-corrected chi connectivity index (χ2v) is 7.03. The van der Waals surface area contributed by atoms with Crippen molar-refractivity contribution in [2.24, 2.45) is 11.8 Å². The number of anilines is 1. The molecule has 0 aliphatic carbocycles. The summed E-state index contributed by atoms with van der Waals surface area (Å²) in [4.78, 5) is 0. The number of rotatable bonds is 2. The zero-order chi connectivity index (χ0) is 18.3. The average molecular weight is 363 g/mol. The van der Waals surface area contributed by atoms with Crippen LogP contribution in [-0.4, -0.2) is 18.3 Å². The van der Waals surface area contributed by atoms with E-state index in [-0.39, 0.29) is 24.5 Å². The lowest BCUT2D eigenvalue weighted by Gasteiger charge is -2.45.